The smallest absolute Gasteiger partial charge is 0.407 e. The number of nitrogens with one attached hydrogen (secondary N) is 3. The van der Waals surface area contributed by atoms with E-state index in [0.717, 1.165) is 22.4 Å². The molecule has 0 bridgehead atoms. The van der Waals surface area contributed by atoms with E-state index in [0.29, 0.717) is 23.4 Å². The fraction of sp³-hybridized carbons (Fsp3) is 0.344. The molecule has 0 fully saturated rings. The number of nitriles is 1. The molecule has 2 atom stereocenters. The number of rotatable bonds is 7. The molecule has 218 valence electrons. The predicted octanol–water partition coefficient (Wildman–Crippen LogP) is 5.17. The summed E-state index contributed by atoms with van der Waals surface area (Å²) in [6, 6.07) is 18.7. The highest BCUT2D eigenvalue weighted by Gasteiger charge is 2.33. The molecule has 0 radical (unpaired) electrons. The van der Waals surface area contributed by atoms with Crippen LogP contribution in [0.2, 0.25) is 0 Å². The summed E-state index contributed by atoms with van der Waals surface area (Å²) in [4.78, 5) is 43.1. The van der Waals surface area contributed by atoms with Crippen molar-refractivity contribution in [1.29, 1.82) is 5.26 Å². The molecule has 1 aromatic heterocycles. The maximum atomic E-state index is 12.6. The van der Waals surface area contributed by atoms with Gasteiger partial charge in [0.25, 0.3) is 5.91 Å². The van der Waals surface area contributed by atoms with E-state index in [4.69, 9.17) is 10.00 Å². The number of fused-ring (bicyclic) bond motifs is 1. The Labute approximate surface area is 246 Å². The Morgan fingerprint density at radius 1 is 1.02 bits per heavy atom. The molecule has 3 aromatic rings. The van der Waals surface area contributed by atoms with Gasteiger partial charge in [-0.25, -0.2) is 9.78 Å². The summed E-state index contributed by atoms with van der Waals surface area (Å²) in [7, 11) is 0. The third-order valence-corrected chi connectivity index (χ3v) is 6.79. The van der Waals surface area contributed by atoms with E-state index in [9.17, 15) is 14.4 Å². The molecule has 1 aliphatic rings. The van der Waals surface area contributed by atoms with Crippen molar-refractivity contribution in [3.05, 3.63) is 77.5 Å². The lowest BCUT2D eigenvalue weighted by molar-refractivity contribution is -0.117. The zero-order valence-electron chi connectivity index (χ0n) is 24.5. The summed E-state index contributed by atoms with van der Waals surface area (Å²) in [5, 5.41) is 18.0. The molecule has 3 amide bonds. The molecule has 4 rings (SSSR count). The highest BCUT2D eigenvalue weighted by molar-refractivity contribution is 5.95. The van der Waals surface area contributed by atoms with Gasteiger partial charge in [-0.2, -0.15) is 5.26 Å². The number of aromatic nitrogens is 1. The number of carbonyl (C=O) groups is 3. The molecule has 10 nitrogen and oxygen atoms in total. The van der Waals surface area contributed by atoms with Gasteiger partial charge in [0, 0.05) is 43.5 Å². The summed E-state index contributed by atoms with van der Waals surface area (Å²) in [5.74, 6) is 0.377. The van der Waals surface area contributed by atoms with Crippen LogP contribution in [0.15, 0.2) is 60.8 Å². The van der Waals surface area contributed by atoms with Crippen molar-refractivity contribution in [2.24, 2.45) is 0 Å². The quantitative estimate of drug-likeness (QED) is 0.334. The molecule has 2 aromatic carbocycles. The van der Waals surface area contributed by atoms with Gasteiger partial charge in [-0.15, -0.1) is 0 Å². The van der Waals surface area contributed by atoms with Gasteiger partial charge in [-0.3, -0.25) is 9.59 Å². The zero-order valence-corrected chi connectivity index (χ0v) is 24.5. The molecule has 10 heteroatoms. The first-order valence-corrected chi connectivity index (χ1v) is 13.9. The summed E-state index contributed by atoms with van der Waals surface area (Å²) in [6.45, 7) is 9.46. The Morgan fingerprint density at radius 3 is 2.33 bits per heavy atom. The lowest BCUT2D eigenvalue weighted by Gasteiger charge is -2.39. The van der Waals surface area contributed by atoms with Gasteiger partial charge < -0.3 is 25.6 Å². The van der Waals surface area contributed by atoms with Crippen molar-refractivity contribution in [2.45, 2.75) is 58.7 Å². The lowest BCUT2D eigenvalue weighted by Crippen LogP contribution is -2.43. The van der Waals surface area contributed by atoms with Crippen LogP contribution in [0.25, 0.3) is 11.1 Å². The first-order chi connectivity index (χ1) is 19.9. The van der Waals surface area contributed by atoms with Crippen LogP contribution in [0.5, 0.6) is 0 Å². The third-order valence-electron chi connectivity index (χ3n) is 6.79. The van der Waals surface area contributed by atoms with E-state index in [-0.39, 0.29) is 37.0 Å². The molecule has 0 spiro atoms. The van der Waals surface area contributed by atoms with E-state index in [2.05, 4.69) is 33.1 Å². The number of ether oxygens (including phenoxy) is 1. The van der Waals surface area contributed by atoms with Crippen LogP contribution in [0, 0.1) is 11.3 Å². The van der Waals surface area contributed by atoms with Crippen molar-refractivity contribution in [2.75, 3.05) is 23.3 Å². The number of nitrogens with zero attached hydrogens (tertiary/aromatic N) is 3. The molecule has 0 saturated carbocycles. The average Bonchev–Trinajstić information content (AvgIpc) is 2.94. The summed E-state index contributed by atoms with van der Waals surface area (Å²) < 4.78 is 5.19. The fourth-order valence-electron chi connectivity index (χ4n) is 4.95. The second-order valence-electron chi connectivity index (χ2n) is 11.3. The van der Waals surface area contributed by atoms with E-state index >= 15 is 0 Å². The molecular weight excluding hydrogens is 532 g/mol. The minimum atomic E-state index is -0.585. The van der Waals surface area contributed by atoms with Crippen LogP contribution in [-0.4, -0.2) is 47.6 Å². The maximum Gasteiger partial charge on any atom is 0.407 e. The van der Waals surface area contributed by atoms with E-state index < -0.39 is 11.7 Å². The van der Waals surface area contributed by atoms with Gasteiger partial charge in [-0.05, 0) is 87.2 Å². The molecule has 1 aliphatic heterocycles. The monoisotopic (exact) mass is 568 g/mol. The van der Waals surface area contributed by atoms with Crippen LogP contribution in [0.4, 0.5) is 16.3 Å². The number of benzene rings is 2. The van der Waals surface area contributed by atoms with Gasteiger partial charge >= 0.3 is 6.09 Å². The second kappa shape index (κ2) is 12.7. The van der Waals surface area contributed by atoms with Gasteiger partial charge in [0.2, 0.25) is 5.91 Å². The number of carbonyl (C=O) groups excluding carboxylic acids is 3. The van der Waals surface area contributed by atoms with Crippen molar-refractivity contribution in [3.63, 3.8) is 0 Å². The minimum absolute atomic E-state index is 0.0196. The van der Waals surface area contributed by atoms with Crippen LogP contribution in [0.1, 0.15) is 68.6 Å². The number of hydrogen-bond donors (Lipinski definition) is 3. The first kappa shape index (κ1) is 30.1. The minimum Gasteiger partial charge on any atom is -0.444 e. The summed E-state index contributed by atoms with van der Waals surface area (Å²) >= 11 is 0. The normalized spacial score (nSPS) is 16.0. The van der Waals surface area contributed by atoms with E-state index in [1.807, 2.05) is 36.1 Å². The molecule has 42 heavy (non-hydrogen) atoms. The SMILES string of the molecule is CC(=O)N1c2ccc(-c3ccc(C(=O)NCCNC(=O)OC(C)(C)C)cc3)cc2C(Nc2ccc(C#N)cn2)CC1C. The Morgan fingerprint density at radius 2 is 1.71 bits per heavy atom. The van der Waals surface area contributed by atoms with Gasteiger partial charge in [0.05, 0.1) is 11.6 Å². The van der Waals surface area contributed by atoms with Crippen molar-refractivity contribution in [1.82, 2.24) is 15.6 Å². The second-order valence-corrected chi connectivity index (χ2v) is 11.3. The fourth-order valence-corrected chi connectivity index (χ4v) is 4.95. The number of hydrogen-bond acceptors (Lipinski definition) is 7. The average molecular weight is 569 g/mol. The Bertz CT molecular complexity index is 1490. The number of amides is 3. The molecule has 0 saturated heterocycles. The molecule has 0 aliphatic carbocycles. The third kappa shape index (κ3) is 7.43. The van der Waals surface area contributed by atoms with Crippen molar-refractivity contribution in [3.8, 4) is 17.2 Å². The Balaban J connectivity index is 1.48. The lowest BCUT2D eigenvalue weighted by atomic mass is 9.89. The summed E-state index contributed by atoms with van der Waals surface area (Å²) in [6.07, 6.45) is 1.68. The van der Waals surface area contributed by atoms with Crippen molar-refractivity contribution < 1.29 is 19.1 Å². The standard InChI is InChI=1S/C32H36N6O4/c1-20-16-27(37-29-13-6-22(18-33)19-36-29)26-17-25(11-12-28(26)38(20)21(2)39)23-7-9-24(10-8-23)30(40)34-14-15-35-31(41)42-32(3,4)5/h6-13,17,19-20,27H,14-16H2,1-5H3,(H,34,40)(H,35,41)(H,36,37). The predicted molar refractivity (Wildman–Crippen MR) is 161 cm³/mol. The number of pyridine rings is 1. The van der Waals surface area contributed by atoms with Crippen molar-refractivity contribution >= 4 is 29.4 Å². The molecule has 2 heterocycles. The molecule has 3 N–H and O–H groups in total. The van der Waals surface area contributed by atoms with Gasteiger partial charge in [-0.1, -0.05) is 18.2 Å². The number of alkyl carbamates (subject to hydrolysis) is 1. The number of anilines is 2. The van der Waals surface area contributed by atoms with E-state index in [1.54, 1.807) is 52.0 Å². The van der Waals surface area contributed by atoms with Crippen LogP contribution in [0.3, 0.4) is 0 Å². The first-order valence-electron chi connectivity index (χ1n) is 13.9. The largest absolute Gasteiger partial charge is 0.444 e. The topological polar surface area (TPSA) is 136 Å². The van der Waals surface area contributed by atoms with Gasteiger partial charge in [0.15, 0.2) is 0 Å². The Hall–Kier alpha value is -4.91. The highest BCUT2D eigenvalue weighted by atomic mass is 16.6. The zero-order chi connectivity index (χ0) is 30.4. The van der Waals surface area contributed by atoms with Crippen LogP contribution in [-0.2, 0) is 9.53 Å². The highest BCUT2D eigenvalue weighted by Crippen LogP contribution is 2.41. The summed E-state index contributed by atoms with van der Waals surface area (Å²) in [5.41, 5.74) is 4.06. The Kier molecular flexibility index (Phi) is 9.11. The van der Waals surface area contributed by atoms with Crippen LogP contribution >= 0.6 is 0 Å². The maximum absolute atomic E-state index is 12.6. The molecule has 2 unspecified atom stereocenters. The van der Waals surface area contributed by atoms with E-state index in [1.165, 1.54) is 6.20 Å². The van der Waals surface area contributed by atoms with Crippen LogP contribution < -0.4 is 20.9 Å². The van der Waals surface area contributed by atoms with Gasteiger partial charge in [0.1, 0.15) is 17.5 Å². The molecular formula is C32H36N6O4.